The molecule has 1 aromatic carbocycles. The maximum atomic E-state index is 5.90. The molecule has 17 heavy (non-hydrogen) atoms. The van der Waals surface area contributed by atoms with E-state index < -0.39 is 0 Å². The normalized spacial score (nSPS) is 22.4. The summed E-state index contributed by atoms with van der Waals surface area (Å²) in [5.41, 5.74) is 0. The molecule has 1 aliphatic heterocycles. The van der Waals surface area contributed by atoms with Crippen LogP contribution in [0, 0.1) is 0 Å². The van der Waals surface area contributed by atoms with Crippen LogP contribution >= 0.6 is 0 Å². The maximum absolute atomic E-state index is 5.90. The molecule has 0 N–H and O–H groups in total. The van der Waals surface area contributed by atoms with Gasteiger partial charge in [0.2, 0.25) is 5.79 Å². The monoisotopic (exact) mass is 234 g/mol. The fourth-order valence-corrected chi connectivity index (χ4v) is 2.04. The fourth-order valence-electron chi connectivity index (χ4n) is 2.04. The van der Waals surface area contributed by atoms with Crippen molar-refractivity contribution in [3.63, 3.8) is 0 Å². The lowest BCUT2D eigenvalue weighted by Gasteiger charge is -2.14. The highest BCUT2D eigenvalue weighted by molar-refractivity contribution is 5.22. The molecule has 1 aliphatic rings. The molecule has 2 nitrogen and oxygen atoms in total. The minimum atomic E-state index is -0.298. The van der Waals surface area contributed by atoms with Gasteiger partial charge in [0, 0.05) is 6.42 Å². The molecule has 0 bridgehead atoms. The molecule has 0 amide bonds. The van der Waals surface area contributed by atoms with Crippen molar-refractivity contribution in [1.82, 2.24) is 0 Å². The Morgan fingerprint density at radius 2 is 1.82 bits per heavy atom. The Hall–Kier alpha value is -1.02. The van der Waals surface area contributed by atoms with Gasteiger partial charge in [-0.3, -0.25) is 0 Å². The third-order valence-corrected chi connectivity index (χ3v) is 3.17. The van der Waals surface area contributed by atoms with E-state index >= 15 is 0 Å². The van der Waals surface area contributed by atoms with Gasteiger partial charge >= 0.3 is 0 Å². The summed E-state index contributed by atoms with van der Waals surface area (Å²) in [5, 5.41) is 0. The molecule has 0 spiro atoms. The number of rotatable bonds is 8. The average Bonchev–Trinajstić information content (AvgIpc) is 3.10. The van der Waals surface area contributed by atoms with Gasteiger partial charge < -0.3 is 9.47 Å². The van der Waals surface area contributed by atoms with Crippen molar-refractivity contribution < 1.29 is 9.47 Å². The number of para-hydroxylation sites is 1. The highest BCUT2D eigenvalue weighted by Crippen LogP contribution is 2.35. The molecule has 2 rings (SSSR count). The smallest absolute Gasteiger partial charge is 0.234 e. The zero-order valence-electron chi connectivity index (χ0n) is 10.7. The van der Waals surface area contributed by atoms with Crippen LogP contribution in [-0.2, 0) is 4.74 Å². The van der Waals surface area contributed by atoms with E-state index in [2.05, 4.69) is 6.92 Å². The summed E-state index contributed by atoms with van der Waals surface area (Å²) in [4.78, 5) is 0. The van der Waals surface area contributed by atoms with Gasteiger partial charge in [0.25, 0.3) is 0 Å². The third-order valence-electron chi connectivity index (χ3n) is 3.17. The summed E-state index contributed by atoms with van der Waals surface area (Å²) in [6.07, 6.45) is 7.48. The van der Waals surface area contributed by atoms with Crippen molar-refractivity contribution in [3.05, 3.63) is 30.3 Å². The molecular formula is C15H22O2. The van der Waals surface area contributed by atoms with Gasteiger partial charge in [-0.2, -0.15) is 0 Å². The third kappa shape index (κ3) is 4.04. The Morgan fingerprint density at radius 3 is 2.47 bits per heavy atom. The van der Waals surface area contributed by atoms with E-state index in [0.29, 0.717) is 0 Å². The molecule has 1 saturated heterocycles. The number of epoxide rings is 1. The van der Waals surface area contributed by atoms with Crippen LogP contribution in [-0.4, -0.2) is 12.4 Å². The zero-order valence-corrected chi connectivity index (χ0v) is 10.7. The molecule has 94 valence electrons. The summed E-state index contributed by atoms with van der Waals surface area (Å²) < 4.78 is 11.4. The SMILES string of the molecule is CCCCCCCC1(Oc2ccccc2)CO1. The van der Waals surface area contributed by atoms with Gasteiger partial charge in [-0.1, -0.05) is 50.8 Å². The second-order valence-electron chi connectivity index (χ2n) is 4.78. The molecule has 0 radical (unpaired) electrons. The van der Waals surface area contributed by atoms with Gasteiger partial charge in [-0.25, -0.2) is 0 Å². The highest BCUT2D eigenvalue weighted by atomic mass is 16.8. The van der Waals surface area contributed by atoms with E-state index in [0.717, 1.165) is 18.8 Å². The standard InChI is InChI=1S/C15H22O2/c1-2-3-4-5-9-12-15(13-16-15)17-14-10-7-6-8-11-14/h6-8,10-11H,2-5,9,12-13H2,1H3. The number of ether oxygens (including phenoxy) is 2. The van der Waals surface area contributed by atoms with E-state index in [9.17, 15) is 0 Å². The number of hydrogen-bond donors (Lipinski definition) is 0. The molecule has 0 aliphatic carbocycles. The molecule has 2 heteroatoms. The second kappa shape index (κ2) is 6.06. The number of unbranched alkanes of at least 4 members (excludes halogenated alkanes) is 4. The summed E-state index contributed by atoms with van der Waals surface area (Å²) in [5.74, 6) is 0.617. The maximum Gasteiger partial charge on any atom is 0.234 e. The quantitative estimate of drug-likeness (QED) is 0.498. The van der Waals surface area contributed by atoms with Crippen LogP contribution in [0.5, 0.6) is 5.75 Å². The van der Waals surface area contributed by atoms with Crippen molar-refractivity contribution in [2.75, 3.05) is 6.61 Å². The molecule has 1 heterocycles. The molecule has 1 atom stereocenters. The van der Waals surface area contributed by atoms with E-state index in [1.54, 1.807) is 0 Å². The first-order valence-electron chi connectivity index (χ1n) is 6.73. The lowest BCUT2D eigenvalue weighted by molar-refractivity contribution is 0.0513. The fraction of sp³-hybridized carbons (Fsp3) is 0.600. The van der Waals surface area contributed by atoms with Crippen LogP contribution in [0.25, 0.3) is 0 Å². The molecule has 0 saturated carbocycles. The van der Waals surface area contributed by atoms with Gasteiger partial charge in [-0.05, 0) is 18.6 Å². The van der Waals surface area contributed by atoms with Gasteiger partial charge in [0.15, 0.2) is 0 Å². The van der Waals surface area contributed by atoms with Crippen LogP contribution in [0.15, 0.2) is 30.3 Å². The lowest BCUT2D eigenvalue weighted by atomic mass is 10.1. The first-order valence-corrected chi connectivity index (χ1v) is 6.73. The Bertz CT molecular complexity index is 317. The van der Waals surface area contributed by atoms with E-state index in [4.69, 9.17) is 9.47 Å². The molecular weight excluding hydrogens is 212 g/mol. The molecule has 1 fully saturated rings. The highest BCUT2D eigenvalue weighted by Gasteiger charge is 2.47. The van der Waals surface area contributed by atoms with Crippen molar-refractivity contribution in [3.8, 4) is 5.75 Å². The van der Waals surface area contributed by atoms with Gasteiger partial charge in [0.1, 0.15) is 12.4 Å². The Labute approximate surface area is 104 Å². The summed E-state index contributed by atoms with van der Waals surface area (Å²) in [6, 6.07) is 9.96. The van der Waals surface area contributed by atoms with Gasteiger partial charge in [0.05, 0.1) is 0 Å². The minimum Gasteiger partial charge on any atom is -0.460 e. The van der Waals surface area contributed by atoms with Crippen molar-refractivity contribution >= 4 is 0 Å². The van der Waals surface area contributed by atoms with Crippen LogP contribution < -0.4 is 4.74 Å². The van der Waals surface area contributed by atoms with Crippen molar-refractivity contribution in [2.45, 2.75) is 51.2 Å². The zero-order chi connectivity index (χ0) is 12.0. The van der Waals surface area contributed by atoms with Crippen molar-refractivity contribution in [2.24, 2.45) is 0 Å². The molecule has 1 aromatic rings. The Kier molecular flexibility index (Phi) is 4.43. The second-order valence-corrected chi connectivity index (χ2v) is 4.78. The van der Waals surface area contributed by atoms with Crippen LogP contribution in [0.4, 0.5) is 0 Å². The van der Waals surface area contributed by atoms with E-state index in [1.165, 1.54) is 32.1 Å². The van der Waals surface area contributed by atoms with E-state index in [-0.39, 0.29) is 5.79 Å². The van der Waals surface area contributed by atoms with Gasteiger partial charge in [-0.15, -0.1) is 0 Å². The first-order chi connectivity index (χ1) is 8.35. The Balaban J connectivity index is 1.69. The minimum absolute atomic E-state index is 0.298. The summed E-state index contributed by atoms with van der Waals surface area (Å²) in [7, 11) is 0. The predicted octanol–water partition coefficient (Wildman–Crippen LogP) is 4.15. The topological polar surface area (TPSA) is 21.8 Å². The average molecular weight is 234 g/mol. The van der Waals surface area contributed by atoms with Crippen LogP contribution in [0.2, 0.25) is 0 Å². The van der Waals surface area contributed by atoms with Crippen LogP contribution in [0.1, 0.15) is 45.4 Å². The van der Waals surface area contributed by atoms with E-state index in [1.807, 2.05) is 30.3 Å². The summed E-state index contributed by atoms with van der Waals surface area (Å²) >= 11 is 0. The number of hydrogen-bond acceptors (Lipinski definition) is 2. The van der Waals surface area contributed by atoms with Crippen LogP contribution in [0.3, 0.4) is 0 Å². The molecule has 1 unspecified atom stereocenters. The lowest BCUT2D eigenvalue weighted by Crippen LogP contribution is -2.19. The largest absolute Gasteiger partial charge is 0.460 e. The Morgan fingerprint density at radius 1 is 1.12 bits per heavy atom. The number of benzene rings is 1. The van der Waals surface area contributed by atoms with Crippen molar-refractivity contribution in [1.29, 1.82) is 0 Å². The summed E-state index contributed by atoms with van der Waals surface area (Å²) in [6.45, 7) is 2.99. The molecule has 0 aromatic heterocycles. The first kappa shape index (κ1) is 12.4. The predicted molar refractivity (Wildman–Crippen MR) is 69.1 cm³/mol.